The van der Waals surface area contributed by atoms with Gasteiger partial charge in [0.1, 0.15) is 12.7 Å². The van der Waals surface area contributed by atoms with E-state index >= 15 is 0 Å². The fourth-order valence-corrected chi connectivity index (χ4v) is 3.70. The first-order valence-electron chi connectivity index (χ1n) is 11.5. The molecule has 0 aliphatic carbocycles. The van der Waals surface area contributed by atoms with Crippen LogP contribution in [-0.4, -0.2) is 55.1 Å². The second kappa shape index (κ2) is 12.0. The van der Waals surface area contributed by atoms with Crippen molar-refractivity contribution in [2.45, 2.75) is 31.5 Å². The van der Waals surface area contributed by atoms with Crippen molar-refractivity contribution in [1.82, 2.24) is 0 Å². The first-order valence-corrected chi connectivity index (χ1v) is 11.5. The number of hydrogen-bond donors (Lipinski definition) is 0. The Hall–Kier alpha value is -4.50. The van der Waals surface area contributed by atoms with E-state index < -0.39 is 48.5 Å². The fraction of sp³-hybridized carbons (Fsp3) is 0.214. The molecule has 9 nitrogen and oxygen atoms in total. The Morgan fingerprint density at radius 3 is 1.51 bits per heavy atom. The van der Waals surface area contributed by atoms with Crippen LogP contribution < -0.4 is 0 Å². The number of ether oxygens (including phenoxy) is 5. The number of benzene rings is 3. The molecule has 0 radical (unpaired) electrons. The van der Waals surface area contributed by atoms with Gasteiger partial charge < -0.3 is 23.7 Å². The van der Waals surface area contributed by atoms with Gasteiger partial charge in [-0.25, -0.2) is 14.4 Å². The summed E-state index contributed by atoms with van der Waals surface area (Å²) in [4.78, 5) is 50.0. The lowest BCUT2D eigenvalue weighted by atomic mass is 10.1. The fourth-order valence-electron chi connectivity index (χ4n) is 3.70. The van der Waals surface area contributed by atoms with Gasteiger partial charge in [-0.05, 0) is 36.4 Å². The quantitative estimate of drug-likeness (QED) is 0.335. The van der Waals surface area contributed by atoms with Gasteiger partial charge in [-0.1, -0.05) is 54.6 Å². The van der Waals surface area contributed by atoms with Crippen molar-refractivity contribution in [3.63, 3.8) is 0 Å². The average molecular weight is 504 g/mol. The Labute approximate surface area is 212 Å². The molecule has 3 aromatic carbocycles. The average Bonchev–Trinajstić information content (AvgIpc) is 3.23. The van der Waals surface area contributed by atoms with Crippen LogP contribution in [0.2, 0.25) is 0 Å². The maximum Gasteiger partial charge on any atom is 0.338 e. The van der Waals surface area contributed by atoms with Crippen LogP contribution >= 0.6 is 0 Å². The number of esters is 4. The van der Waals surface area contributed by atoms with Crippen LogP contribution in [0.3, 0.4) is 0 Å². The van der Waals surface area contributed by atoms with E-state index in [0.717, 1.165) is 6.92 Å². The van der Waals surface area contributed by atoms with Crippen molar-refractivity contribution >= 4 is 23.9 Å². The molecule has 9 heteroatoms. The van der Waals surface area contributed by atoms with E-state index in [2.05, 4.69) is 0 Å². The summed E-state index contributed by atoms with van der Waals surface area (Å²) in [5, 5.41) is 0. The molecule has 0 spiro atoms. The second-order valence-corrected chi connectivity index (χ2v) is 8.09. The minimum atomic E-state index is -1.40. The summed E-state index contributed by atoms with van der Waals surface area (Å²) in [5.41, 5.74) is 0.782. The summed E-state index contributed by atoms with van der Waals surface area (Å²) in [6.07, 6.45) is -5.09. The van der Waals surface area contributed by atoms with Crippen molar-refractivity contribution in [2.75, 3.05) is 6.61 Å². The van der Waals surface area contributed by atoms with E-state index in [-0.39, 0.29) is 17.7 Å². The third-order valence-corrected chi connectivity index (χ3v) is 5.44. The number of rotatable bonds is 8. The molecule has 37 heavy (non-hydrogen) atoms. The molecule has 1 saturated heterocycles. The molecule has 1 aliphatic heterocycles. The normalized spacial score (nSPS) is 20.5. The molecule has 0 saturated carbocycles. The molecule has 0 unspecified atom stereocenters. The zero-order valence-electron chi connectivity index (χ0n) is 19.9. The first-order chi connectivity index (χ1) is 17.9. The van der Waals surface area contributed by atoms with Crippen molar-refractivity contribution < 1.29 is 42.9 Å². The number of carbonyl (C=O) groups excluding carboxylic acids is 4. The van der Waals surface area contributed by atoms with Crippen molar-refractivity contribution in [2.24, 2.45) is 0 Å². The highest BCUT2D eigenvalue weighted by Gasteiger charge is 2.52. The molecular weight excluding hydrogens is 480 g/mol. The van der Waals surface area contributed by atoms with E-state index in [4.69, 9.17) is 23.7 Å². The van der Waals surface area contributed by atoms with E-state index in [1.807, 2.05) is 0 Å². The van der Waals surface area contributed by atoms with E-state index in [0.29, 0.717) is 5.56 Å². The molecule has 4 rings (SSSR count). The number of carbonyl (C=O) groups is 4. The maximum atomic E-state index is 12.9. The third kappa shape index (κ3) is 6.59. The molecule has 4 atom stereocenters. The van der Waals surface area contributed by atoms with Crippen LogP contribution in [0.25, 0.3) is 0 Å². The van der Waals surface area contributed by atoms with Crippen molar-refractivity contribution in [3.8, 4) is 0 Å². The Bertz CT molecular complexity index is 1230. The van der Waals surface area contributed by atoms with Crippen LogP contribution in [-0.2, 0) is 28.5 Å². The minimum Gasteiger partial charge on any atom is -0.459 e. The topological polar surface area (TPSA) is 114 Å². The van der Waals surface area contributed by atoms with Gasteiger partial charge in [0.05, 0.1) is 16.7 Å². The molecule has 190 valence electrons. The molecule has 0 N–H and O–H groups in total. The van der Waals surface area contributed by atoms with E-state index in [1.54, 1.807) is 91.0 Å². The monoisotopic (exact) mass is 504 g/mol. The maximum absolute atomic E-state index is 12.9. The SMILES string of the molecule is CC(=O)O[C@H]1O[C@H](COC(=O)c2ccccc2)[C@H](OC(=O)c2ccccc2)[C@H]1OC(=O)c1ccccc1. The highest BCUT2D eigenvalue weighted by Crippen LogP contribution is 2.30. The van der Waals surface area contributed by atoms with Crippen LogP contribution in [0, 0.1) is 0 Å². The molecule has 1 heterocycles. The predicted octanol–water partition coefficient (Wildman–Crippen LogP) is 3.58. The second-order valence-electron chi connectivity index (χ2n) is 8.09. The molecule has 3 aromatic rings. The molecule has 0 amide bonds. The Morgan fingerprint density at radius 1 is 0.622 bits per heavy atom. The lowest BCUT2D eigenvalue weighted by Crippen LogP contribution is -2.42. The van der Waals surface area contributed by atoms with Crippen LogP contribution in [0.4, 0.5) is 0 Å². The summed E-state index contributed by atoms with van der Waals surface area (Å²) in [5.74, 6) is -2.81. The third-order valence-electron chi connectivity index (χ3n) is 5.44. The minimum absolute atomic E-state index is 0.233. The summed E-state index contributed by atoms with van der Waals surface area (Å²) in [6.45, 7) is 0.796. The highest BCUT2D eigenvalue weighted by atomic mass is 16.8. The van der Waals surface area contributed by atoms with Crippen LogP contribution in [0.15, 0.2) is 91.0 Å². The summed E-state index contributed by atoms with van der Waals surface area (Å²) in [7, 11) is 0. The van der Waals surface area contributed by atoms with Crippen molar-refractivity contribution in [3.05, 3.63) is 108 Å². The van der Waals surface area contributed by atoms with Gasteiger partial charge in [0.15, 0.2) is 6.10 Å². The largest absolute Gasteiger partial charge is 0.459 e. The van der Waals surface area contributed by atoms with Crippen molar-refractivity contribution in [1.29, 1.82) is 0 Å². The molecule has 0 bridgehead atoms. The zero-order chi connectivity index (χ0) is 26.2. The highest BCUT2D eigenvalue weighted by molar-refractivity contribution is 5.91. The summed E-state index contributed by atoms with van der Waals surface area (Å²) >= 11 is 0. The van der Waals surface area contributed by atoms with Gasteiger partial charge >= 0.3 is 23.9 Å². The van der Waals surface area contributed by atoms with E-state index in [1.165, 1.54) is 0 Å². The van der Waals surface area contributed by atoms with Gasteiger partial charge in [-0.2, -0.15) is 0 Å². The van der Waals surface area contributed by atoms with Gasteiger partial charge in [0.2, 0.25) is 12.4 Å². The summed E-state index contributed by atoms with van der Waals surface area (Å²) < 4.78 is 27.7. The van der Waals surface area contributed by atoms with Gasteiger partial charge in [0, 0.05) is 6.92 Å². The Balaban J connectivity index is 1.58. The van der Waals surface area contributed by atoms with Crippen LogP contribution in [0.1, 0.15) is 38.0 Å². The molecular formula is C28H24O9. The predicted molar refractivity (Wildman–Crippen MR) is 128 cm³/mol. The number of hydrogen-bond acceptors (Lipinski definition) is 9. The van der Waals surface area contributed by atoms with E-state index in [9.17, 15) is 19.2 Å². The molecule has 0 aromatic heterocycles. The standard InChI is InChI=1S/C28H24O9/c1-18(29)34-28-24(37-27(32)21-15-9-4-10-16-21)23(36-26(31)20-13-7-3-8-14-20)22(35-28)17-33-25(30)19-11-5-2-6-12-19/h2-16,22-24,28H,17H2,1H3/t22-,23+,24-,28+/m1/s1. The molecule has 1 fully saturated rings. The molecule has 1 aliphatic rings. The Kier molecular flexibility index (Phi) is 8.27. The Morgan fingerprint density at radius 2 is 1.05 bits per heavy atom. The zero-order valence-corrected chi connectivity index (χ0v) is 19.9. The van der Waals surface area contributed by atoms with Gasteiger partial charge in [-0.15, -0.1) is 0 Å². The first kappa shape index (κ1) is 25.6. The van der Waals surface area contributed by atoms with Crippen LogP contribution in [0.5, 0.6) is 0 Å². The lowest BCUT2D eigenvalue weighted by Gasteiger charge is -2.24. The summed E-state index contributed by atoms with van der Waals surface area (Å²) in [6, 6.07) is 24.6. The smallest absolute Gasteiger partial charge is 0.338 e. The van der Waals surface area contributed by atoms with Gasteiger partial charge in [-0.3, -0.25) is 4.79 Å². The van der Waals surface area contributed by atoms with Gasteiger partial charge in [0.25, 0.3) is 0 Å². The lowest BCUT2D eigenvalue weighted by molar-refractivity contribution is -0.187.